The molecule has 0 aliphatic carbocycles. The van der Waals surface area contributed by atoms with Crippen molar-refractivity contribution in [1.29, 1.82) is 0 Å². The van der Waals surface area contributed by atoms with Crippen LogP contribution in [0, 0.1) is 6.92 Å². The number of rotatable bonds is 4. The molecular weight excluding hydrogens is 322 g/mol. The highest BCUT2D eigenvalue weighted by atomic mass is 32.2. The minimum absolute atomic E-state index is 0.335. The average Bonchev–Trinajstić information content (AvgIpc) is 2.87. The number of aryl methyl sites for hydroxylation is 1. The monoisotopic (exact) mass is 345 g/mol. The predicted octanol–water partition coefficient (Wildman–Crippen LogP) is 4.35. The van der Waals surface area contributed by atoms with E-state index in [9.17, 15) is 8.42 Å². The van der Waals surface area contributed by atoms with Gasteiger partial charge in [0.1, 0.15) is 11.5 Å². The van der Waals surface area contributed by atoms with Crippen LogP contribution in [0.25, 0.3) is 0 Å². The van der Waals surface area contributed by atoms with E-state index in [1.807, 2.05) is 31.2 Å². The van der Waals surface area contributed by atoms with Crippen LogP contribution in [0.1, 0.15) is 31.2 Å². The third-order valence-corrected chi connectivity index (χ3v) is 6.26. The molecule has 5 heteroatoms. The Hall–Kier alpha value is -1.85. The summed E-state index contributed by atoms with van der Waals surface area (Å²) >= 11 is 0. The van der Waals surface area contributed by atoms with E-state index in [0.29, 0.717) is 23.7 Å². The van der Waals surface area contributed by atoms with Gasteiger partial charge in [0.05, 0.1) is 4.90 Å². The van der Waals surface area contributed by atoms with Gasteiger partial charge in [-0.1, -0.05) is 31.0 Å². The van der Waals surface area contributed by atoms with Crippen molar-refractivity contribution in [3.05, 3.63) is 54.1 Å². The van der Waals surface area contributed by atoms with Crippen LogP contribution in [0.3, 0.4) is 0 Å². The Bertz CT molecular complexity index is 777. The van der Waals surface area contributed by atoms with Crippen molar-refractivity contribution >= 4 is 10.0 Å². The van der Waals surface area contributed by atoms with Gasteiger partial charge in [0.15, 0.2) is 0 Å². The van der Waals surface area contributed by atoms with Crippen molar-refractivity contribution in [3.8, 4) is 11.5 Å². The lowest BCUT2D eigenvalue weighted by molar-refractivity contribution is 0.423. The topological polar surface area (TPSA) is 46.6 Å². The van der Waals surface area contributed by atoms with Crippen molar-refractivity contribution in [2.24, 2.45) is 0 Å². The lowest BCUT2D eigenvalue weighted by Gasteiger charge is -2.20. The minimum Gasteiger partial charge on any atom is -0.457 e. The Kier molecular flexibility index (Phi) is 5.21. The molecule has 0 unspecified atom stereocenters. The summed E-state index contributed by atoms with van der Waals surface area (Å²) in [4.78, 5) is 0.335. The van der Waals surface area contributed by atoms with Gasteiger partial charge in [-0.3, -0.25) is 0 Å². The van der Waals surface area contributed by atoms with Gasteiger partial charge in [0.2, 0.25) is 10.0 Å². The molecule has 1 aliphatic heterocycles. The molecule has 2 aromatic carbocycles. The molecule has 1 fully saturated rings. The Labute approximate surface area is 144 Å². The van der Waals surface area contributed by atoms with Gasteiger partial charge in [0, 0.05) is 13.1 Å². The van der Waals surface area contributed by atoms with Gasteiger partial charge in [0.25, 0.3) is 0 Å². The second-order valence-corrected chi connectivity index (χ2v) is 8.10. The lowest BCUT2D eigenvalue weighted by Crippen LogP contribution is -2.31. The molecule has 1 aliphatic rings. The number of benzene rings is 2. The molecule has 0 aromatic heterocycles. The molecule has 1 heterocycles. The van der Waals surface area contributed by atoms with Crippen LogP contribution in [0.4, 0.5) is 0 Å². The molecule has 4 nitrogen and oxygen atoms in total. The van der Waals surface area contributed by atoms with Crippen LogP contribution in [0.2, 0.25) is 0 Å². The molecule has 0 N–H and O–H groups in total. The fraction of sp³-hybridized carbons (Fsp3) is 0.368. The van der Waals surface area contributed by atoms with Crippen LogP contribution in [0.15, 0.2) is 53.4 Å². The summed E-state index contributed by atoms with van der Waals surface area (Å²) in [7, 11) is -3.41. The number of ether oxygens (including phenoxy) is 1. The quantitative estimate of drug-likeness (QED) is 0.827. The minimum atomic E-state index is -3.41. The number of sulfonamides is 1. The largest absolute Gasteiger partial charge is 0.457 e. The van der Waals surface area contributed by atoms with Crippen LogP contribution in [0.5, 0.6) is 11.5 Å². The summed E-state index contributed by atoms with van der Waals surface area (Å²) in [5.41, 5.74) is 1.04. The van der Waals surface area contributed by atoms with E-state index in [1.54, 1.807) is 28.6 Å². The molecule has 0 amide bonds. The van der Waals surface area contributed by atoms with Crippen LogP contribution in [-0.2, 0) is 10.0 Å². The van der Waals surface area contributed by atoms with Crippen LogP contribution in [-0.4, -0.2) is 25.8 Å². The van der Waals surface area contributed by atoms with E-state index in [-0.39, 0.29) is 0 Å². The number of hydrogen-bond acceptors (Lipinski definition) is 3. The molecule has 0 spiro atoms. The molecule has 0 saturated carbocycles. The van der Waals surface area contributed by atoms with E-state index in [2.05, 4.69) is 0 Å². The van der Waals surface area contributed by atoms with E-state index in [0.717, 1.165) is 37.0 Å². The van der Waals surface area contributed by atoms with Crippen LogP contribution >= 0.6 is 0 Å². The molecular formula is C19H23NO3S. The molecule has 0 atom stereocenters. The van der Waals surface area contributed by atoms with Crippen molar-refractivity contribution in [1.82, 2.24) is 4.31 Å². The fourth-order valence-electron chi connectivity index (χ4n) is 2.91. The standard InChI is InChI=1S/C19H23NO3S/c1-16-8-4-5-9-19(16)23-17-10-12-18(13-11-17)24(21,22)20-14-6-2-3-7-15-20/h4-5,8-13H,2-3,6-7,14-15H2,1H3. The van der Waals surface area contributed by atoms with Gasteiger partial charge in [-0.05, 0) is 55.7 Å². The van der Waals surface area contributed by atoms with Gasteiger partial charge < -0.3 is 4.74 Å². The fourth-order valence-corrected chi connectivity index (χ4v) is 4.43. The first kappa shape index (κ1) is 17.0. The van der Waals surface area contributed by atoms with Gasteiger partial charge in [-0.2, -0.15) is 4.31 Å². The Morgan fingerprint density at radius 3 is 2.12 bits per heavy atom. The molecule has 128 valence electrons. The molecule has 0 radical (unpaired) electrons. The number of para-hydroxylation sites is 1. The first-order valence-electron chi connectivity index (χ1n) is 8.41. The van der Waals surface area contributed by atoms with Gasteiger partial charge in [-0.15, -0.1) is 0 Å². The van der Waals surface area contributed by atoms with E-state index >= 15 is 0 Å². The van der Waals surface area contributed by atoms with Gasteiger partial charge >= 0.3 is 0 Å². The van der Waals surface area contributed by atoms with E-state index < -0.39 is 10.0 Å². The van der Waals surface area contributed by atoms with E-state index in [4.69, 9.17) is 4.74 Å². The third kappa shape index (κ3) is 3.79. The second-order valence-electron chi connectivity index (χ2n) is 6.16. The van der Waals surface area contributed by atoms with Crippen molar-refractivity contribution < 1.29 is 13.2 Å². The Morgan fingerprint density at radius 1 is 0.875 bits per heavy atom. The molecule has 1 saturated heterocycles. The van der Waals surface area contributed by atoms with E-state index in [1.165, 1.54) is 0 Å². The van der Waals surface area contributed by atoms with Gasteiger partial charge in [-0.25, -0.2) is 8.42 Å². The zero-order valence-corrected chi connectivity index (χ0v) is 14.8. The predicted molar refractivity (Wildman–Crippen MR) is 94.9 cm³/mol. The summed E-state index contributed by atoms with van der Waals surface area (Å²) in [6, 6.07) is 14.5. The maximum absolute atomic E-state index is 12.7. The zero-order valence-electron chi connectivity index (χ0n) is 13.9. The summed E-state index contributed by atoms with van der Waals surface area (Å²) in [5, 5.41) is 0. The second kappa shape index (κ2) is 7.36. The highest BCUT2D eigenvalue weighted by Crippen LogP contribution is 2.27. The molecule has 2 aromatic rings. The van der Waals surface area contributed by atoms with Crippen molar-refractivity contribution in [2.75, 3.05) is 13.1 Å². The summed E-state index contributed by atoms with van der Waals surface area (Å²) < 4.78 is 32.9. The Morgan fingerprint density at radius 2 is 1.50 bits per heavy atom. The third-order valence-electron chi connectivity index (χ3n) is 4.35. The molecule has 0 bridgehead atoms. The van der Waals surface area contributed by atoms with Crippen molar-refractivity contribution in [2.45, 2.75) is 37.5 Å². The highest BCUT2D eigenvalue weighted by Gasteiger charge is 2.24. The first-order chi connectivity index (χ1) is 11.6. The SMILES string of the molecule is Cc1ccccc1Oc1ccc(S(=O)(=O)N2CCCCCC2)cc1. The summed E-state index contributed by atoms with van der Waals surface area (Å²) in [5.74, 6) is 1.42. The Balaban J connectivity index is 1.77. The zero-order chi connectivity index (χ0) is 17.0. The summed E-state index contributed by atoms with van der Waals surface area (Å²) in [6.07, 6.45) is 4.09. The lowest BCUT2D eigenvalue weighted by atomic mass is 10.2. The van der Waals surface area contributed by atoms with Crippen LogP contribution < -0.4 is 4.74 Å². The first-order valence-corrected chi connectivity index (χ1v) is 9.85. The number of hydrogen-bond donors (Lipinski definition) is 0. The molecule has 3 rings (SSSR count). The summed E-state index contributed by atoms with van der Waals surface area (Å²) in [6.45, 7) is 3.21. The molecule has 24 heavy (non-hydrogen) atoms. The maximum Gasteiger partial charge on any atom is 0.243 e. The highest BCUT2D eigenvalue weighted by molar-refractivity contribution is 7.89. The van der Waals surface area contributed by atoms with Crippen molar-refractivity contribution in [3.63, 3.8) is 0 Å². The normalized spacial score (nSPS) is 16.5. The average molecular weight is 345 g/mol. The maximum atomic E-state index is 12.7. The smallest absolute Gasteiger partial charge is 0.243 e. The number of nitrogens with zero attached hydrogens (tertiary/aromatic N) is 1.